The van der Waals surface area contributed by atoms with Crippen molar-refractivity contribution in [3.05, 3.63) is 23.3 Å². The number of aromatic amines is 1. The number of thiazole rings is 1. The number of H-pyrrole nitrogens is 1. The highest BCUT2D eigenvalue weighted by atomic mass is 32.1. The van der Waals surface area contributed by atoms with E-state index in [9.17, 15) is 9.59 Å². The zero-order valence-corrected chi connectivity index (χ0v) is 14.7. The van der Waals surface area contributed by atoms with Crippen molar-refractivity contribution in [3.63, 3.8) is 0 Å². The van der Waals surface area contributed by atoms with E-state index in [1.165, 1.54) is 11.3 Å². The zero-order chi connectivity index (χ0) is 17.9. The molecule has 0 bridgehead atoms. The summed E-state index contributed by atoms with van der Waals surface area (Å²) in [5.41, 5.74) is 6.46. The van der Waals surface area contributed by atoms with Gasteiger partial charge in [0.15, 0.2) is 5.13 Å². The van der Waals surface area contributed by atoms with Crippen LogP contribution in [-0.4, -0.2) is 48.6 Å². The molecule has 1 saturated heterocycles. The number of carbonyl (C=O) groups is 2. The Morgan fingerprint density at radius 3 is 2.84 bits per heavy atom. The van der Waals surface area contributed by atoms with Crippen molar-refractivity contribution in [1.29, 1.82) is 0 Å². The average molecular weight is 363 g/mol. The predicted molar refractivity (Wildman–Crippen MR) is 95.5 cm³/mol. The van der Waals surface area contributed by atoms with Crippen molar-refractivity contribution in [2.24, 2.45) is 11.1 Å². The Morgan fingerprint density at radius 1 is 1.44 bits per heavy atom. The van der Waals surface area contributed by atoms with E-state index in [1.807, 2.05) is 5.38 Å². The summed E-state index contributed by atoms with van der Waals surface area (Å²) < 4.78 is 5.29. The minimum atomic E-state index is -0.529. The highest BCUT2D eigenvalue weighted by Gasteiger charge is 2.40. The number of methoxy groups -OCH3 is 1. The van der Waals surface area contributed by atoms with Crippen molar-refractivity contribution in [2.45, 2.75) is 12.8 Å². The number of primary amides is 1. The second-order valence-corrected chi connectivity index (χ2v) is 6.98. The maximum atomic E-state index is 12.8. The number of rotatable bonds is 6. The van der Waals surface area contributed by atoms with E-state index >= 15 is 0 Å². The van der Waals surface area contributed by atoms with Crippen molar-refractivity contribution in [2.75, 3.05) is 32.1 Å². The third-order valence-corrected chi connectivity index (χ3v) is 5.19. The third kappa shape index (κ3) is 3.73. The van der Waals surface area contributed by atoms with Gasteiger partial charge in [0.05, 0.1) is 17.7 Å². The van der Waals surface area contributed by atoms with E-state index in [0.29, 0.717) is 23.1 Å². The van der Waals surface area contributed by atoms with E-state index in [0.717, 1.165) is 31.5 Å². The van der Waals surface area contributed by atoms with Crippen LogP contribution in [-0.2, 0) is 9.53 Å². The van der Waals surface area contributed by atoms with Gasteiger partial charge in [0, 0.05) is 24.3 Å². The lowest BCUT2D eigenvalue weighted by molar-refractivity contribution is -0.130. The van der Waals surface area contributed by atoms with Crippen molar-refractivity contribution in [3.8, 4) is 11.3 Å². The largest absolute Gasteiger partial charge is 0.384 e. The van der Waals surface area contributed by atoms with Gasteiger partial charge in [0.1, 0.15) is 5.69 Å². The number of nitrogens with zero attached hydrogens (tertiary/aromatic N) is 1. The van der Waals surface area contributed by atoms with Gasteiger partial charge in [-0.1, -0.05) is 0 Å². The smallest absolute Gasteiger partial charge is 0.265 e. The van der Waals surface area contributed by atoms with E-state index < -0.39 is 11.3 Å². The zero-order valence-electron chi connectivity index (χ0n) is 13.9. The quantitative estimate of drug-likeness (QED) is 0.614. The summed E-state index contributed by atoms with van der Waals surface area (Å²) in [5.74, 6) is -0.592. The number of anilines is 1. The molecule has 3 rings (SSSR count). The summed E-state index contributed by atoms with van der Waals surface area (Å²) >= 11 is 1.34. The number of nitrogens with one attached hydrogen (secondary N) is 3. The Balaban J connectivity index is 1.73. The molecule has 8 nitrogen and oxygen atoms in total. The molecule has 3 heterocycles. The van der Waals surface area contributed by atoms with Crippen LogP contribution >= 0.6 is 11.3 Å². The van der Waals surface area contributed by atoms with Gasteiger partial charge < -0.3 is 26.1 Å². The maximum absolute atomic E-state index is 12.8. The van der Waals surface area contributed by atoms with Crippen LogP contribution in [0.25, 0.3) is 11.3 Å². The molecule has 1 aliphatic heterocycles. The summed E-state index contributed by atoms with van der Waals surface area (Å²) in [4.78, 5) is 31.2. The summed E-state index contributed by atoms with van der Waals surface area (Å²) in [7, 11) is 1.61. The summed E-state index contributed by atoms with van der Waals surface area (Å²) in [6.07, 6.45) is 3.12. The minimum absolute atomic E-state index is 0.0661. The van der Waals surface area contributed by atoms with Crippen LogP contribution in [0.2, 0.25) is 0 Å². The molecule has 2 aromatic rings. The molecule has 0 saturated carbocycles. The molecular weight excluding hydrogens is 342 g/mol. The lowest BCUT2D eigenvalue weighted by Crippen LogP contribution is -2.47. The van der Waals surface area contributed by atoms with E-state index in [4.69, 9.17) is 10.5 Å². The highest BCUT2D eigenvalue weighted by Crippen LogP contribution is 2.32. The molecule has 0 aromatic carbocycles. The normalized spacial score (nSPS) is 16.5. The summed E-state index contributed by atoms with van der Waals surface area (Å²) in [5, 5.41) is 8.53. The van der Waals surface area contributed by atoms with Crippen LogP contribution in [0.15, 0.2) is 17.6 Å². The lowest BCUT2D eigenvalue weighted by Gasteiger charge is -2.35. The second-order valence-electron chi connectivity index (χ2n) is 6.12. The molecule has 0 aliphatic carbocycles. The third-order valence-electron chi connectivity index (χ3n) is 4.43. The Morgan fingerprint density at radius 2 is 2.20 bits per heavy atom. The van der Waals surface area contributed by atoms with Crippen molar-refractivity contribution < 1.29 is 14.3 Å². The second kappa shape index (κ2) is 7.34. The lowest BCUT2D eigenvalue weighted by atomic mass is 9.79. The Bertz CT molecular complexity index is 758. The molecule has 0 atom stereocenters. The van der Waals surface area contributed by atoms with Gasteiger partial charge in [0.2, 0.25) is 5.91 Å². The average Bonchev–Trinajstić information content (AvgIpc) is 3.25. The van der Waals surface area contributed by atoms with Crippen LogP contribution in [0.3, 0.4) is 0 Å². The monoisotopic (exact) mass is 363 g/mol. The molecule has 1 fully saturated rings. The van der Waals surface area contributed by atoms with Gasteiger partial charge in [0.25, 0.3) is 5.91 Å². The first-order valence-corrected chi connectivity index (χ1v) is 8.87. The molecule has 1 aliphatic rings. The molecule has 25 heavy (non-hydrogen) atoms. The van der Waals surface area contributed by atoms with Gasteiger partial charge in [-0.3, -0.25) is 9.59 Å². The first kappa shape index (κ1) is 17.6. The molecule has 9 heteroatoms. The first-order valence-electron chi connectivity index (χ1n) is 7.99. The van der Waals surface area contributed by atoms with Crippen LogP contribution in [0.1, 0.15) is 23.3 Å². The molecule has 134 valence electrons. The van der Waals surface area contributed by atoms with E-state index in [1.54, 1.807) is 19.4 Å². The molecule has 0 spiro atoms. The Hall–Kier alpha value is -2.23. The number of hydrogen-bond acceptors (Lipinski definition) is 6. The van der Waals surface area contributed by atoms with Crippen molar-refractivity contribution in [1.82, 2.24) is 15.3 Å². The fourth-order valence-electron chi connectivity index (χ4n) is 3.00. The minimum Gasteiger partial charge on any atom is -0.384 e. The Kier molecular flexibility index (Phi) is 5.16. The molecule has 0 unspecified atom stereocenters. The topological polar surface area (TPSA) is 122 Å². The van der Waals surface area contributed by atoms with Crippen LogP contribution in [0, 0.1) is 5.41 Å². The van der Waals surface area contributed by atoms with Gasteiger partial charge >= 0.3 is 0 Å². The number of nitrogens with two attached hydrogens (primary N) is 1. The van der Waals surface area contributed by atoms with Crippen LogP contribution in [0.4, 0.5) is 5.13 Å². The fourth-order valence-corrected chi connectivity index (χ4v) is 3.71. The standard InChI is InChI=1S/C16H21N5O3S/c1-24-9-16(2-4-18-5-3-16)14(23)21-15-20-12(8-25-15)10-6-11(13(17)22)19-7-10/h6-8,18-19H,2-5,9H2,1H3,(H2,17,22)(H,20,21,23). The van der Waals surface area contributed by atoms with E-state index in [2.05, 4.69) is 20.6 Å². The predicted octanol–water partition coefficient (Wildman–Crippen LogP) is 1.19. The number of carbonyl (C=O) groups excluding carboxylic acids is 2. The summed E-state index contributed by atoms with van der Waals surface area (Å²) in [6.45, 7) is 1.97. The van der Waals surface area contributed by atoms with Crippen molar-refractivity contribution >= 4 is 28.3 Å². The number of piperidine rings is 1. The van der Waals surface area contributed by atoms with Crippen LogP contribution in [0.5, 0.6) is 0 Å². The Labute approximate surface area is 149 Å². The van der Waals surface area contributed by atoms with Gasteiger partial charge in [-0.25, -0.2) is 4.98 Å². The summed E-state index contributed by atoms with van der Waals surface area (Å²) in [6, 6.07) is 1.64. The fraction of sp³-hybridized carbons (Fsp3) is 0.438. The SMILES string of the molecule is COCC1(C(=O)Nc2nc(-c3c[nH]c(C(N)=O)c3)cs2)CCNCC1. The first-order chi connectivity index (χ1) is 12.0. The van der Waals surface area contributed by atoms with Gasteiger partial charge in [-0.2, -0.15) is 0 Å². The number of amides is 2. The number of ether oxygens (including phenoxy) is 1. The molecule has 2 aromatic heterocycles. The highest BCUT2D eigenvalue weighted by molar-refractivity contribution is 7.14. The molecule has 0 radical (unpaired) electrons. The maximum Gasteiger partial charge on any atom is 0.265 e. The van der Waals surface area contributed by atoms with Crippen LogP contribution < -0.4 is 16.4 Å². The molecule has 5 N–H and O–H groups in total. The number of aromatic nitrogens is 2. The van der Waals surface area contributed by atoms with Gasteiger partial charge in [-0.05, 0) is 32.0 Å². The van der Waals surface area contributed by atoms with Gasteiger partial charge in [-0.15, -0.1) is 11.3 Å². The molecule has 2 amide bonds. The number of hydrogen-bond donors (Lipinski definition) is 4. The molecular formula is C16H21N5O3S. The van der Waals surface area contributed by atoms with E-state index in [-0.39, 0.29) is 5.91 Å².